The Morgan fingerprint density at radius 1 is 0.486 bits per heavy atom. The second kappa shape index (κ2) is 24.7. The number of unbranched alkanes of at least 4 members (excludes halogenated alkanes) is 7. The molecule has 0 aliphatic heterocycles. The van der Waals surface area contributed by atoms with Crippen LogP contribution in [0, 0.1) is 53.1 Å². The predicted octanol–water partition coefficient (Wildman–Crippen LogP) is 5.20. The van der Waals surface area contributed by atoms with Crippen molar-refractivity contribution >= 4 is 17.9 Å². The topological polar surface area (TPSA) is 120 Å². The van der Waals surface area contributed by atoms with E-state index in [1.807, 2.05) is 13.8 Å². The van der Waals surface area contributed by atoms with Gasteiger partial charge in [-0.05, 0) is 32.1 Å². The molecule has 37 heavy (non-hydrogen) atoms. The molecule has 0 N–H and O–H groups in total. The molecule has 0 saturated heterocycles. The first kappa shape index (κ1) is 43.7. The summed E-state index contributed by atoms with van der Waals surface area (Å²) in [5, 5.41) is 32.0. The minimum absolute atomic E-state index is 0. The third kappa shape index (κ3) is 22.2. The van der Waals surface area contributed by atoms with E-state index in [1.165, 1.54) is 12.8 Å². The van der Waals surface area contributed by atoms with Crippen LogP contribution in [0.3, 0.4) is 0 Å². The minimum Gasteiger partial charge on any atom is -0.550 e. The number of carboxylic acid groups (broad SMARTS) is 3. The average Bonchev–Trinajstić information content (AvgIpc) is 2.82. The fourth-order valence-electron chi connectivity index (χ4n) is 3.47. The van der Waals surface area contributed by atoms with E-state index in [2.05, 4.69) is 20.8 Å². The molecule has 0 aromatic carbocycles. The van der Waals surface area contributed by atoms with E-state index in [9.17, 15) is 29.7 Å². The molecule has 0 amide bonds. The van der Waals surface area contributed by atoms with Gasteiger partial charge in [-0.25, -0.2) is 0 Å². The van der Waals surface area contributed by atoms with Crippen molar-refractivity contribution in [2.75, 3.05) is 0 Å². The van der Waals surface area contributed by atoms with Crippen molar-refractivity contribution in [3.63, 3.8) is 0 Å². The molecule has 0 fully saturated rings. The van der Waals surface area contributed by atoms with Crippen molar-refractivity contribution in [1.82, 2.24) is 0 Å². The van der Waals surface area contributed by atoms with E-state index >= 15 is 0 Å². The second-order valence-electron chi connectivity index (χ2n) is 11.3. The summed E-state index contributed by atoms with van der Waals surface area (Å²) in [6.07, 6.45) is 14.6. The van der Waals surface area contributed by atoms with Gasteiger partial charge in [-0.2, -0.15) is 0 Å². The van der Waals surface area contributed by atoms with Gasteiger partial charge < -0.3 is 29.7 Å². The molecule has 0 aromatic heterocycles. The van der Waals surface area contributed by atoms with Gasteiger partial charge in [-0.3, -0.25) is 0 Å². The molecular weight excluding hydrogens is 625 g/mol. The fourth-order valence-corrected chi connectivity index (χ4v) is 3.47. The molecule has 0 rings (SSSR count). The third-order valence-electron chi connectivity index (χ3n) is 7.42. The fraction of sp³-hybridized carbons (Fsp3) is 0.900. The number of carbonyl (C=O) groups is 3. The van der Waals surface area contributed by atoms with Gasteiger partial charge >= 0.3 is 36.9 Å². The number of carboxylic acids is 3. The molecule has 6 nitrogen and oxygen atoms in total. The van der Waals surface area contributed by atoms with Gasteiger partial charge in [0.25, 0.3) is 0 Å². The van der Waals surface area contributed by atoms with Crippen LogP contribution in [-0.4, -0.2) is 17.9 Å². The van der Waals surface area contributed by atoms with E-state index in [1.54, 1.807) is 27.7 Å². The summed E-state index contributed by atoms with van der Waals surface area (Å²) in [5.41, 5.74) is -1.85. The maximum absolute atomic E-state index is 10.7. The average molecular weight is 683 g/mol. The smallest absolute Gasteiger partial charge is 0.550 e. The summed E-state index contributed by atoms with van der Waals surface area (Å²) in [4.78, 5) is 32.0. The number of hydrogen-bond acceptors (Lipinski definition) is 6. The zero-order valence-electron chi connectivity index (χ0n) is 25.3. The van der Waals surface area contributed by atoms with Gasteiger partial charge in [0.2, 0.25) is 0 Å². The Labute approximate surface area is 258 Å². The normalized spacial score (nSPS) is 13.9. The van der Waals surface area contributed by atoms with Gasteiger partial charge in [-0.15, -0.1) is 0 Å². The summed E-state index contributed by atoms with van der Waals surface area (Å²) in [6, 6.07) is 0. The zero-order valence-corrected chi connectivity index (χ0v) is 27.1. The van der Waals surface area contributed by atoms with Gasteiger partial charge in [0.05, 0.1) is 0 Å². The van der Waals surface area contributed by atoms with E-state index in [0.29, 0.717) is 12.8 Å². The Kier molecular flexibility index (Phi) is 29.1. The van der Waals surface area contributed by atoms with Crippen LogP contribution in [0.2, 0.25) is 0 Å². The molecule has 0 radical (unpaired) electrons. The van der Waals surface area contributed by atoms with E-state index in [0.717, 1.165) is 70.6 Å². The van der Waals surface area contributed by atoms with E-state index < -0.39 is 34.2 Å². The molecule has 7 heteroatoms. The van der Waals surface area contributed by atoms with Crippen molar-refractivity contribution in [2.24, 2.45) is 16.2 Å². The van der Waals surface area contributed by atoms with Crippen LogP contribution in [0.4, 0.5) is 0 Å². The Hall–Kier alpha value is -0.356. The summed E-state index contributed by atoms with van der Waals surface area (Å²) in [5.74, 6) is -2.73. The standard InChI is InChI=1S/3C10H20O2.Tm/c1-4-5-6-7-8-10(2,3)9(11)12;2*1-4-6-7-8-10(3,5-2)9(11)12;/h3*4-8H2,1-3H3,(H,11,12);/q;;;+3/p-3. The molecule has 0 spiro atoms. The van der Waals surface area contributed by atoms with Crippen LogP contribution in [0.25, 0.3) is 0 Å². The second-order valence-corrected chi connectivity index (χ2v) is 11.3. The van der Waals surface area contributed by atoms with E-state index in [-0.39, 0.29) is 36.9 Å². The summed E-state index contributed by atoms with van der Waals surface area (Å²) >= 11 is 0. The Morgan fingerprint density at radius 3 is 1.03 bits per heavy atom. The molecule has 2 unspecified atom stereocenters. The van der Waals surface area contributed by atoms with Crippen LogP contribution in [-0.2, 0) is 14.4 Å². The Balaban J connectivity index is -0.000000218. The van der Waals surface area contributed by atoms with Crippen molar-refractivity contribution in [3.8, 4) is 0 Å². The number of carbonyl (C=O) groups excluding carboxylic acids is 3. The first-order chi connectivity index (χ1) is 16.6. The largest absolute Gasteiger partial charge is 3.00 e. The summed E-state index contributed by atoms with van der Waals surface area (Å²) < 4.78 is 0. The number of aliphatic carboxylic acids is 3. The molecule has 0 saturated carbocycles. The minimum atomic E-state index is -0.931. The van der Waals surface area contributed by atoms with Crippen molar-refractivity contribution < 1.29 is 66.6 Å². The molecule has 226 valence electrons. The van der Waals surface area contributed by atoms with Gasteiger partial charge in [0.15, 0.2) is 0 Å². The summed E-state index contributed by atoms with van der Waals surface area (Å²) in [6.45, 7) is 17.2. The first-order valence-corrected chi connectivity index (χ1v) is 14.3. The van der Waals surface area contributed by atoms with Crippen LogP contribution in [0.15, 0.2) is 0 Å². The Bertz CT molecular complexity index is 559. The molecule has 0 aliphatic rings. The zero-order chi connectivity index (χ0) is 28.8. The van der Waals surface area contributed by atoms with Gasteiger partial charge in [0, 0.05) is 34.2 Å². The van der Waals surface area contributed by atoms with Gasteiger partial charge in [0.1, 0.15) is 0 Å². The van der Waals surface area contributed by atoms with E-state index in [4.69, 9.17) is 0 Å². The number of hydrogen-bond donors (Lipinski definition) is 0. The summed E-state index contributed by atoms with van der Waals surface area (Å²) in [7, 11) is 0. The SMILES string of the molecule is CCCCCC(C)(CC)C(=O)[O-].CCCCCC(C)(CC)C(=O)[O-].CCCCCCC(C)(C)C(=O)[O-].[Tm+3]. The van der Waals surface area contributed by atoms with Crippen LogP contribution < -0.4 is 15.3 Å². The molecule has 0 bridgehead atoms. The Morgan fingerprint density at radius 2 is 0.784 bits per heavy atom. The molecule has 0 aliphatic carbocycles. The quantitative estimate of drug-likeness (QED) is 0.184. The molecule has 0 aromatic rings. The third-order valence-corrected chi connectivity index (χ3v) is 7.42. The van der Waals surface area contributed by atoms with Gasteiger partial charge in [-0.1, -0.05) is 127 Å². The first-order valence-electron chi connectivity index (χ1n) is 14.3. The monoisotopic (exact) mass is 682 g/mol. The van der Waals surface area contributed by atoms with Crippen LogP contribution in [0.5, 0.6) is 0 Å². The maximum atomic E-state index is 10.7. The molecular formula is C30H57O6Tm. The van der Waals surface area contributed by atoms with Crippen molar-refractivity contribution in [2.45, 2.75) is 159 Å². The predicted molar refractivity (Wildman–Crippen MR) is 143 cm³/mol. The molecule has 2 atom stereocenters. The maximum Gasteiger partial charge on any atom is 3.00 e. The molecule has 0 heterocycles. The van der Waals surface area contributed by atoms with Crippen molar-refractivity contribution in [3.05, 3.63) is 0 Å². The van der Waals surface area contributed by atoms with Crippen LogP contribution in [0.1, 0.15) is 159 Å². The van der Waals surface area contributed by atoms with Crippen LogP contribution >= 0.6 is 0 Å². The van der Waals surface area contributed by atoms with Crippen molar-refractivity contribution in [1.29, 1.82) is 0 Å². The number of rotatable bonds is 18.